The molecule has 0 aliphatic heterocycles. The summed E-state index contributed by atoms with van der Waals surface area (Å²) in [4.78, 5) is 2.43. The van der Waals surface area contributed by atoms with Gasteiger partial charge in [-0.05, 0) is 56.8 Å². The Morgan fingerprint density at radius 1 is 1.40 bits per heavy atom. The minimum Gasteiger partial charge on any atom is -0.313 e. The van der Waals surface area contributed by atoms with Gasteiger partial charge in [-0.2, -0.15) is 0 Å². The topological polar surface area (TPSA) is 15.3 Å². The van der Waals surface area contributed by atoms with E-state index in [0.29, 0.717) is 18.0 Å². The van der Waals surface area contributed by atoms with E-state index in [0.717, 1.165) is 18.1 Å². The first-order chi connectivity index (χ1) is 9.60. The maximum absolute atomic E-state index is 6.05. The highest BCUT2D eigenvalue weighted by molar-refractivity contribution is 6.30. The lowest BCUT2D eigenvalue weighted by Gasteiger charge is -2.37. The summed E-state index contributed by atoms with van der Waals surface area (Å²) in [5, 5.41) is 4.52. The fourth-order valence-electron chi connectivity index (χ4n) is 2.79. The number of halogens is 1. The molecule has 0 bridgehead atoms. The predicted octanol–water partition coefficient (Wildman–Crippen LogP) is 3.91. The largest absolute Gasteiger partial charge is 0.313 e. The van der Waals surface area contributed by atoms with Gasteiger partial charge in [0.25, 0.3) is 0 Å². The highest BCUT2D eigenvalue weighted by atomic mass is 35.5. The minimum absolute atomic E-state index is 0.678. The van der Waals surface area contributed by atoms with Crippen molar-refractivity contribution in [2.45, 2.75) is 51.1 Å². The van der Waals surface area contributed by atoms with Crippen LogP contribution >= 0.6 is 11.6 Å². The van der Waals surface area contributed by atoms with Crippen LogP contribution in [0.25, 0.3) is 0 Å². The maximum atomic E-state index is 6.05. The Balaban J connectivity index is 1.65. The van der Waals surface area contributed by atoms with Crippen molar-refractivity contribution in [2.24, 2.45) is 0 Å². The molecule has 0 aromatic heterocycles. The van der Waals surface area contributed by atoms with Crippen molar-refractivity contribution < 1.29 is 0 Å². The molecule has 2 nitrogen and oxygen atoms in total. The van der Waals surface area contributed by atoms with Crippen molar-refractivity contribution >= 4 is 11.6 Å². The van der Waals surface area contributed by atoms with Crippen LogP contribution in [0.3, 0.4) is 0 Å². The number of benzene rings is 1. The molecule has 0 saturated heterocycles. The highest BCUT2D eigenvalue weighted by Crippen LogP contribution is 2.37. The molecule has 0 radical (unpaired) electrons. The first-order valence-electron chi connectivity index (χ1n) is 7.79. The van der Waals surface area contributed by atoms with E-state index in [2.05, 4.69) is 49.3 Å². The zero-order chi connectivity index (χ0) is 14.5. The van der Waals surface area contributed by atoms with Crippen molar-refractivity contribution in [3.05, 3.63) is 34.9 Å². The van der Waals surface area contributed by atoms with Gasteiger partial charge in [-0.15, -0.1) is 0 Å². The maximum Gasteiger partial charge on any atom is 0.0408 e. The van der Waals surface area contributed by atoms with Crippen LogP contribution in [-0.4, -0.2) is 37.1 Å². The van der Waals surface area contributed by atoms with Crippen LogP contribution in [0.1, 0.15) is 44.6 Å². The van der Waals surface area contributed by atoms with E-state index >= 15 is 0 Å². The van der Waals surface area contributed by atoms with Crippen LogP contribution in [0.2, 0.25) is 5.02 Å². The SMILES string of the molecule is CCC(C)N(C)CCNC1CC(c2cccc(Cl)c2)C1. The van der Waals surface area contributed by atoms with Crippen LogP contribution in [-0.2, 0) is 0 Å². The summed E-state index contributed by atoms with van der Waals surface area (Å²) < 4.78 is 0. The average molecular weight is 295 g/mol. The fourth-order valence-corrected chi connectivity index (χ4v) is 2.99. The van der Waals surface area contributed by atoms with E-state index in [1.165, 1.54) is 24.8 Å². The number of likely N-dealkylation sites (N-methyl/N-ethyl adjacent to an activating group) is 1. The summed E-state index contributed by atoms with van der Waals surface area (Å²) in [6, 6.07) is 9.67. The Morgan fingerprint density at radius 3 is 2.80 bits per heavy atom. The standard InChI is InChI=1S/C17H27ClN2/c1-4-13(2)20(3)9-8-19-17-11-15(12-17)14-6-5-7-16(18)10-14/h5-7,10,13,15,17,19H,4,8-9,11-12H2,1-3H3. The molecule has 1 atom stereocenters. The zero-order valence-corrected chi connectivity index (χ0v) is 13.7. The van der Waals surface area contributed by atoms with Crippen molar-refractivity contribution in [3.8, 4) is 0 Å². The minimum atomic E-state index is 0.678. The second-order valence-corrected chi connectivity index (χ2v) is 6.55. The number of nitrogens with one attached hydrogen (secondary N) is 1. The van der Waals surface area contributed by atoms with E-state index in [1.54, 1.807) is 0 Å². The van der Waals surface area contributed by atoms with Gasteiger partial charge in [0.1, 0.15) is 0 Å². The van der Waals surface area contributed by atoms with Gasteiger partial charge in [0.2, 0.25) is 0 Å². The fraction of sp³-hybridized carbons (Fsp3) is 0.647. The first kappa shape index (κ1) is 15.8. The van der Waals surface area contributed by atoms with Gasteiger partial charge in [0.05, 0.1) is 0 Å². The third-order valence-electron chi connectivity index (χ3n) is 4.70. The third kappa shape index (κ3) is 4.21. The van der Waals surface area contributed by atoms with Gasteiger partial charge in [-0.3, -0.25) is 0 Å². The van der Waals surface area contributed by atoms with Gasteiger partial charge in [0.15, 0.2) is 0 Å². The summed E-state index contributed by atoms with van der Waals surface area (Å²) in [5.41, 5.74) is 1.40. The molecule has 0 spiro atoms. The van der Waals surface area contributed by atoms with Crippen molar-refractivity contribution in [2.75, 3.05) is 20.1 Å². The Kier molecular flexibility index (Phi) is 5.88. The molecule has 1 aliphatic carbocycles. The van der Waals surface area contributed by atoms with Crippen LogP contribution in [0.15, 0.2) is 24.3 Å². The van der Waals surface area contributed by atoms with E-state index in [1.807, 2.05) is 6.07 Å². The Labute approximate surface area is 128 Å². The number of rotatable bonds is 7. The molecule has 0 amide bonds. The number of nitrogens with zero attached hydrogens (tertiary/aromatic N) is 1. The molecule has 1 saturated carbocycles. The Morgan fingerprint density at radius 2 is 2.15 bits per heavy atom. The highest BCUT2D eigenvalue weighted by Gasteiger charge is 2.29. The molecule has 1 aromatic carbocycles. The Hall–Kier alpha value is -0.570. The van der Waals surface area contributed by atoms with E-state index < -0.39 is 0 Å². The summed E-state index contributed by atoms with van der Waals surface area (Å²) >= 11 is 6.05. The van der Waals surface area contributed by atoms with Gasteiger partial charge < -0.3 is 10.2 Å². The lowest BCUT2D eigenvalue weighted by Crippen LogP contribution is -2.44. The van der Waals surface area contributed by atoms with Gasteiger partial charge >= 0.3 is 0 Å². The van der Waals surface area contributed by atoms with Gasteiger partial charge in [-0.1, -0.05) is 30.7 Å². The molecular formula is C17H27ClN2. The molecule has 1 aromatic rings. The van der Waals surface area contributed by atoms with E-state index in [4.69, 9.17) is 11.6 Å². The number of hydrogen-bond donors (Lipinski definition) is 1. The molecule has 20 heavy (non-hydrogen) atoms. The van der Waals surface area contributed by atoms with Gasteiger partial charge in [-0.25, -0.2) is 0 Å². The second-order valence-electron chi connectivity index (χ2n) is 6.11. The molecule has 1 aliphatic rings. The number of hydrogen-bond acceptors (Lipinski definition) is 2. The van der Waals surface area contributed by atoms with E-state index in [9.17, 15) is 0 Å². The van der Waals surface area contributed by atoms with Crippen LogP contribution in [0.5, 0.6) is 0 Å². The summed E-state index contributed by atoms with van der Waals surface area (Å²) in [7, 11) is 2.21. The summed E-state index contributed by atoms with van der Waals surface area (Å²) in [6.45, 7) is 6.76. The summed E-state index contributed by atoms with van der Waals surface area (Å²) in [6.07, 6.45) is 3.71. The average Bonchev–Trinajstić information content (AvgIpc) is 2.40. The van der Waals surface area contributed by atoms with Crippen molar-refractivity contribution in [1.82, 2.24) is 10.2 Å². The summed E-state index contributed by atoms with van der Waals surface area (Å²) in [5.74, 6) is 0.693. The third-order valence-corrected chi connectivity index (χ3v) is 4.93. The normalized spacial score (nSPS) is 23.6. The molecule has 1 unspecified atom stereocenters. The second kappa shape index (κ2) is 7.44. The quantitative estimate of drug-likeness (QED) is 0.820. The van der Waals surface area contributed by atoms with E-state index in [-0.39, 0.29) is 0 Å². The van der Waals surface area contributed by atoms with Crippen molar-refractivity contribution in [3.63, 3.8) is 0 Å². The Bertz CT molecular complexity index is 415. The zero-order valence-electron chi connectivity index (χ0n) is 12.9. The molecule has 1 fully saturated rings. The smallest absolute Gasteiger partial charge is 0.0408 e. The monoisotopic (exact) mass is 294 g/mol. The first-order valence-corrected chi connectivity index (χ1v) is 8.17. The molecule has 112 valence electrons. The molecule has 3 heteroatoms. The molecule has 0 heterocycles. The molecular weight excluding hydrogens is 268 g/mol. The molecule has 1 N–H and O–H groups in total. The lowest BCUT2D eigenvalue weighted by atomic mass is 9.76. The van der Waals surface area contributed by atoms with Crippen LogP contribution in [0, 0.1) is 0 Å². The lowest BCUT2D eigenvalue weighted by molar-refractivity contribution is 0.230. The van der Waals surface area contributed by atoms with Gasteiger partial charge in [0, 0.05) is 30.2 Å². The van der Waals surface area contributed by atoms with Crippen molar-refractivity contribution in [1.29, 1.82) is 0 Å². The van der Waals surface area contributed by atoms with Crippen LogP contribution in [0.4, 0.5) is 0 Å². The van der Waals surface area contributed by atoms with Crippen LogP contribution < -0.4 is 5.32 Å². The molecule has 2 rings (SSSR count). The predicted molar refractivity (Wildman–Crippen MR) is 87.6 cm³/mol.